The second kappa shape index (κ2) is 8.57. The summed E-state index contributed by atoms with van der Waals surface area (Å²) in [6, 6.07) is 6.53. The van der Waals surface area contributed by atoms with Crippen molar-refractivity contribution < 1.29 is 17.9 Å². The number of piperidine rings is 1. The quantitative estimate of drug-likeness (QED) is 0.746. The van der Waals surface area contributed by atoms with E-state index in [2.05, 4.69) is 10.4 Å². The molecule has 1 amide bonds. The summed E-state index contributed by atoms with van der Waals surface area (Å²) in [5, 5.41) is 6.72. The number of aromatic nitrogens is 2. The van der Waals surface area contributed by atoms with Gasteiger partial charge in [0.05, 0.1) is 7.11 Å². The first-order valence-corrected chi connectivity index (χ1v) is 10.5. The SMILES string of the molecule is COc1ccc(/C=C/C(=O)Nc2ccn(C)n2)cc1S(=O)(=O)N1CCCCC1. The molecule has 2 aromatic rings. The van der Waals surface area contributed by atoms with Gasteiger partial charge in [-0.3, -0.25) is 9.48 Å². The molecule has 150 valence electrons. The lowest BCUT2D eigenvalue weighted by atomic mass is 10.2. The number of aryl methyl sites for hydroxylation is 1. The zero-order valence-electron chi connectivity index (χ0n) is 16.0. The zero-order chi connectivity index (χ0) is 20.1. The van der Waals surface area contributed by atoms with Crippen LogP contribution in [-0.4, -0.2) is 48.6 Å². The summed E-state index contributed by atoms with van der Waals surface area (Å²) < 4.78 is 34.4. The Kier molecular flexibility index (Phi) is 6.15. The lowest BCUT2D eigenvalue weighted by Gasteiger charge is -2.26. The summed E-state index contributed by atoms with van der Waals surface area (Å²) >= 11 is 0. The molecule has 0 atom stereocenters. The standard InChI is InChI=1S/C19H24N4O4S/c1-22-13-10-18(21-22)20-19(24)9-7-15-6-8-16(27-2)17(14-15)28(25,26)23-11-4-3-5-12-23/h6-10,13-14H,3-5,11-12H2,1-2H3,(H,20,21,24)/b9-7+. The number of hydrogen-bond acceptors (Lipinski definition) is 5. The highest BCUT2D eigenvalue weighted by Crippen LogP contribution is 2.30. The number of anilines is 1. The van der Waals surface area contributed by atoms with E-state index < -0.39 is 10.0 Å². The third kappa shape index (κ3) is 4.60. The largest absolute Gasteiger partial charge is 0.495 e. The number of methoxy groups -OCH3 is 1. The molecule has 8 nitrogen and oxygen atoms in total. The van der Waals surface area contributed by atoms with Crippen LogP contribution in [0.25, 0.3) is 6.08 Å². The van der Waals surface area contributed by atoms with Crippen molar-refractivity contribution in [1.82, 2.24) is 14.1 Å². The van der Waals surface area contributed by atoms with E-state index >= 15 is 0 Å². The maximum atomic E-state index is 13.0. The summed E-state index contributed by atoms with van der Waals surface area (Å²) in [7, 11) is -0.449. The van der Waals surface area contributed by atoms with Crippen LogP contribution >= 0.6 is 0 Å². The molecule has 0 unspecified atom stereocenters. The fourth-order valence-electron chi connectivity index (χ4n) is 3.06. The molecule has 1 saturated heterocycles. The van der Waals surface area contributed by atoms with Gasteiger partial charge in [-0.1, -0.05) is 12.5 Å². The van der Waals surface area contributed by atoms with Gasteiger partial charge in [-0.05, 0) is 36.6 Å². The molecule has 0 saturated carbocycles. The van der Waals surface area contributed by atoms with E-state index in [1.54, 1.807) is 42.2 Å². The van der Waals surface area contributed by atoms with E-state index in [9.17, 15) is 13.2 Å². The van der Waals surface area contributed by atoms with E-state index in [4.69, 9.17) is 4.74 Å². The van der Waals surface area contributed by atoms with Gasteiger partial charge >= 0.3 is 0 Å². The Morgan fingerprint density at radius 1 is 1.21 bits per heavy atom. The molecule has 1 aromatic heterocycles. The second-order valence-electron chi connectivity index (χ2n) is 6.57. The van der Waals surface area contributed by atoms with Gasteiger partial charge in [0.15, 0.2) is 5.82 Å². The molecule has 28 heavy (non-hydrogen) atoms. The molecule has 9 heteroatoms. The Bertz CT molecular complexity index is 976. The van der Waals surface area contributed by atoms with Gasteiger partial charge < -0.3 is 10.1 Å². The number of nitrogens with zero attached hydrogens (tertiary/aromatic N) is 3. The molecule has 1 aliphatic heterocycles. The number of nitrogens with one attached hydrogen (secondary N) is 1. The van der Waals surface area contributed by atoms with Crippen LogP contribution in [0.5, 0.6) is 5.75 Å². The highest BCUT2D eigenvalue weighted by atomic mass is 32.2. The molecule has 0 radical (unpaired) electrons. The van der Waals surface area contributed by atoms with Gasteiger partial charge in [-0.25, -0.2) is 8.42 Å². The first-order chi connectivity index (χ1) is 13.4. The van der Waals surface area contributed by atoms with E-state index in [-0.39, 0.29) is 10.8 Å². The number of rotatable bonds is 6. The van der Waals surface area contributed by atoms with Crippen molar-refractivity contribution in [3.05, 3.63) is 42.1 Å². The fraction of sp³-hybridized carbons (Fsp3) is 0.368. The lowest BCUT2D eigenvalue weighted by Crippen LogP contribution is -2.35. The highest BCUT2D eigenvalue weighted by Gasteiger charge is 2.28. The van der Waals surface area contributed by atoms with E-state index in [1.165, 1.54) is 23.6 Å². The van der Waals surface area contributed by atoms with Crippen LogP contribution in [0.4, 0.5) is 5.82 Å². The van der Waals surface area contributed by atoms with Gasteiger partial charge in [0, 0.05) is 38.5 Å². The van der Waals surface area contributed by atoms with Crippen LogP contribution < -0.4 is 10.1 Å². The Labute approximate surface area is 164 Å². The van der Waals surface area contributed by atoms with Gasteiger partial charge in [0.2, 0.25) is 15.9 Å². The van der Waals surface area contributed by atoms with Gasteiger partial charge in [-0.2, -0.15) is 9.40 Å². The average molecular weight is 404 g/mol. The van der Waals surface area contributed by atoms with E-state index in [0.29, 0.717) is 30.2 Å². The monoisotopic (exact) mass is 404 g/mol. The second-order valence-corrected chi connectivity index (χ2v) is 8.48. The minimum Gasteiger partial charge on any atom is -0.495 e. The molecule has 1 N–H and O–H groups in total. The lowest BCUT2D eigenvalue weighted by molar-refractivity contribution is -0.111. The summed E-state index contributed by atoms with van der Waals surface area (Å²) in [6.45, 7) is 1.02. The zero-order valence-corrected chi connectivity index (χ0v) is 16.8. The number of ether oxygens (including phenoxy) is 1. The Hall–Kier alpha value is -2.65. The predicted molar refractivity (Wildman–Crippen MR) is 106 cm³/mol. The molecule has 2 heterocycles. The van der Waals surface area contributed by atoms with Crippen LogP contribution in [0, 0.1) is 0 Å². The Morgan fingerprint density at radius 3 is 2.61 bits per heavy atom. The van der Waals surface area contributed by atoms with Gasteiger partial charge in [-0.15, -0.1) is 0 Å². The minimum atomic E-state index is -3.65. The smallest absolute Gasteiger partial charge is 0.249 e. The minimum absolute atomic E-state index is 0.115. The first kappa shape index (κ1) is 20.1. The topological polar surface area (TPSA) is 93.5 Å². The van der Waals surface area contributed by atoms with Crippen LogP contribution in [0.2, 0.25) is 0 Å². The molecule has 0 aliphatic carbocycles. The van der Waals surface area contributed by atoms with E-state index in [1.807, 2.05) is 0 Å². The van der Waals surface area contributed by atoms with Crippen molar-refractivity contribution in [1.29, 1.82) is 0 Å². The molecule has 1 aromatic carbocycles. The molecule has 1 aliphatic rings. The summed E-state index contributed by atoms with van der Waals surface area (Å²) in [5.74, 6) is 0.385. The van der Waals surface area contributed by atoms with Crippen molar-refractivity contribution in [2.24, 2.45) is 7.05 Å². The molecular formula is C19H24N4O4S. The van der Waals surface area contributed by atoms with Gasteiger partial charge in [0.1, 0.15) is 10.6 Å². The summed E-state index contributed by atoms with van der Waals surface area (Å²) in [5.41, 5.74) is 0.590. The number of sulfonamides is 1. The third-order valence-corrected chi connectivity index (χ3v) is 6.43. The molecule has 1 fully saturated rings. The maximum absolute atomic E-state index is 13.0. The fourth-order valence-corrected chi connectivity index (χ4v) is 4.77. The highest BCUT2D eigenvalue weighted by molar-refractivity contribution is 7.89. The number of amides is 1. The van der Waals surface area contributed by atoms with Crippen LogP contribution in [0.1, 0.15) is 24.8 Å². The predicted octanol–water partition coefficient (Wildman–Crippen LogP) is 2.26. The van der Waals surface area contributed by atoms with Gasteiger partial charge in [0.25, 0.3) is 0 Å². The number of benzene rings is 1. The number of hydrogen-bond donors (Lipinski definition) is 1. The number of carbonyl (C=O) groups excluding carboxylic acids is 1. The summed E-state index contributed by atoms with van der Waals surface area (Å²) in [6.07, 6.45) is 7.38. The summed E-state index contributed by atoms with van der Waals surface area (Å²) in [4.78, 5) is 12.2. The molecule has 3 rings (SSSR count). The average Bonchev–Trinajstić information content (AvgIpc) is 3.11. The third-order valence-electron chi connectivity index (χ3n) is 4.51. The van der Waals surface area contributed by atoms with Crippen molar-refractivity contribution >= 4 is 27.8 Å². The Morgan fingerprint density at radius 2 is 1.96 bits per heavy atom. The first-order valence-electron chi connectivity index (χ1n) is 9.07. The van der Waals surface area contributed by atoms with Crippen molar-refractivity contribution in [3.63, 3.8) is 0 Å². The normalized spacial score (nSPS) is 15.6. The van der Waals surface area contributed by atoms with Crippen LogP contribution in [0.3, 0.4) is 0 Å². The van der Waals surface area contributed by atoms with Crippen molar-refractivity contribution in [3.8, 4) is 5.75 Å². The number of carbonyl (C=O) groups is 1. The van der Waals surface area contributed by atoms with E-state index in [0.717, 1.165) is 19.3 Å². The Balaban J connectivity index is 1.81. The molecular weight excluding hydrogens is 380 g/mol. The van der Waals surface area contributed by atoms with Crippen LogP contribution in [0.15, 0.2) is 41.4 Å². The van der Waals surface area contributed by atoms with Crippen LogP contribution in [-0.2, 0) is 21.9 Å². The molecule has 0 bridgehead atoms. The maximum Gasteiger partial charge on any atom is 0.249 e. The van der Waals surface area contributed by atoms with Crippen molar-refractivity contribution in [2.75, 3.05) is 25.5 Å². The molecule has 0 spiro atoms. The van der Waals surface area contributed by atoms with Crippen molar-refractivity contribution in [2.45, 2.75) is 24.2 Å².